The Bertz CT molecular complexity index is 718. The third-order valence-electron chi connectivity index (χ3n) is 3.79. The molecule has 0 aliphatic rings. The van der Waals surface area contributed by atoms with Crippen molar-refractivity contribution in [2.24, 2.45) is 0 Å². The molecule has 0 radical (unpaired) electrons. The van der Waals surface area contributed by atoms with E-state index in [1.54, 1.807) is 13.8 Å². The van der Waals surface area contributed by atoms with Gasteiger partial charge in [-0.2, -0.15) is 0 Å². The van der Waals surface area contributed by atoms with Crippen LogP contribution in [-0.2, 0) is 27.3 Å². The number of benzene rings is 2. The molecule has 0 saturated heterocycles. The summed E-state index contributed by atoms with van der Waals surface area (Å²) < 4.78 is 10.3. The maximum atomic E-state index is 12.2. The highest BCUT2D eigenvalue weighted by atomic mass is 16.6. The van der Waals surface area contributed by atoms with Crippen LogP contribution in [0.25, 0.3) is 0 Å². The molecule has 6 heteroatoms. The standard InChI is InChI=1S/C21H25NO5/c1-15(2)27-20(24)19(23)18(13-16-9-5-3-6-10-16)22-21(25)26-14-17-11-7-4-8-12-17/h3-12,15,18-19,23H,13-14H2,1-2H3,(H,22,25)/t18-,19?/m0/s1. The van der Waals surface area contributed by atoms with Crippen LogP contribution in [0.2, 0.25) is 0 Å². The Morgan fingerprint density at radius 1 is 0.963 bits per heavy atom. The lowest BCUT2D eigenvalue weighted by molar-refractivity contribution is -0.158. The normalized spacial score (nSPS) is 12.9. The Hall–Kier alpha value is -2.86. The second-order valence-electron chi connectivity index (χ2n) is 6.43. The SMILES string of the molecule is CC(C)OC(=O)C(O)[C@H](Cc1ccccc1)NC(=O)OCc1ccccc1. The number of rotatable bonds is 8. The van der Waals surface area contributed by atoms with Crippen LogP contribution in [-0.4, -0.2) is 35.4 Å². The predicted octanol–water partition coefficient (Wildman–Crippen LogP) is 2.84. The zero-order chi connectivity index (χ0) is 19.6. The van der Waals surface area contributed by atoms with Crippen molar-refractivity contribution in [3.63, 3.8) is 0 Å². The van der Waals surface area contributed by atoms with Crippen molar-refractivity contribution in [1.82, 2.24) is 5.32 Å². The van der Waals surface area contributed by atoms with E-state index in [4.69, 9.17) is 9.47 Å². The molecule has 2 aromatic carbocycles. The minimum absolute atomic E-state index is 0.0945. The number of aliphatic hydroxyl groups is 1. The van der Waals surface area contributed by atoms with Crippen molar-refractivity contribution in [3.05, 3.63) is 71.8 Å². The summed E-state index contributed by atoms with van der Waals surface area (Å²) in [6.45, 7) is 3.48. The molecule has 0 saturated carbocycles. The molecule has 144 valence electrons. The molecule has 1 unspecified atom stereocenters. The molecule has 0 fully saturated rings. The molecule has 2 N–H and O–H groups in total. The van der Waals surface area contributed by atoms with Crippen molar-refractivity contribution in [2.75, 3.05) is 0 Å². The topological polar surface area (TPSA) is 84.9 Å². The zero-order valence-electron chi connectivity index (χ0n) is 15.5. The minimum atomic E-state index is -1.50. The average molecular weight is 371 g/mol. The maximum Gasteiger partial charge on any atom is 0.407 e. The average Bonchev–Trinajstić information content (AvgIpc) is 2.66. The van der Waals surface area contributed by atoms with Crippen molar-refractivity contribution in [2.45, 2.75) is 45.1 Å². The summed E-state index contributed by atoms with van der Waals surface area (Å²) >= 11 is 0. The second-order valence-corrected chi connectivity index (χ2v) is 6.43. The number of esters is 1. The largest absolute Gasteiger partial charge is 0.461 e. The first-order chi connectivity index (χ1) is 13.0. The summed E-state index contributed by atoms with van der Waals surface area (Å²) in [5, 5.41) is 13.0. The number of carbonyl (C=O) groups is 2. The molecule has 2 aromatic rings. The lowest BCUT2D eigenvalue weighted by Gasteiger charge is -2.23. The number of hydrogen-bond donors (Lipinski definition) is 2. The van der Waals surface area contributed by atoms with E-state index >= 15 is 0 Å². The fourth-order valence-corrected chi connectivity index (χ4v) is 2.49. The Kier molecular flexibility index (Phi) is 7.82. The number of alkyl carbamates (subject to hydrolysis) is 1. The van der Waals surface area contributed by atoms with Crippen LogP contribution in [0, 0.1) is 0 Å². The first kappa shape index (κ1) is 20.5. The molecule has 6 nitrogen and oxygen atoms in total. The fraction of sp³-hybridized carbons (Fsp3) is 0.333. The predicted molar refractivity (Wildman–Crippen MR) is 101 cm³/mol. The quantitative estimate of drug-likeness (QED) is 0.697. The Morgan fingerprint density at radius 3 is 2.07 bits per heavy atom. The third-order valence-corrected chi connectivity index (χ3v) is 3.79. The van der Waals surface area contributed by atoms with Crippen LogP contribution in [0.3, 0.4) is 0 Å². The van der Waals surface area contributed by atoms with Gasteiger partial charge in [0.2, 0.25) is 0 Å². The Morgan fingerprint density at radius 2 is 1.52 bits per heavy atom. The van der Waals surface area contributed by atoms with E-state index in [2.05, 4.69) is 5.32 Å². The van der Waals surface area contributed by atoms with Gasteiger partial charge in [-0.1, -0.05) is 60.7 Å². The van der Waals surface area contributed by atoms with E-state index in [0.29, 0.717) is 0 Å². The van der Waals surface area contributed by atoms with Gasteiger partial charge in [0.1, 0.15) is 6.61 Å². The molecule has 1 amide bonds. The number of carbonyl (C=O) groups excluding carboxylic acids is 2. The summed E-state index contributed by atoms with van der Waals surface area (Å²) in [5.74, 6) is -0.783. The van der Waals surface area contributed by atoms with Gasteiger partial charge in [-0.25, -0.2) is 9.59 Å². The van der Waals surface area contributed by atoms with Gasteiger partial charge in [-0.15, -0.1) is 0 Å². The Balaban J connectivity index is 2.01. The van der Waals surface area contributed by atoms with Crippen molar-refractivity contribution in [3.8, 4) is 0 Å². The highest BCUT2D eigenvalue weighted by molar-refractivity contribution is 5.77. The van der Waals surface area contributed by atoms with Crippen LogP contribution in [0.5, 0.6) is 0 Å². The number of amides is 1. The van der Waals surface area contributed by atoms with Crippen LogP contribution < -0.4 is 5.32 Å². The molecule has 0 aromatic heterocycles. The molecule has 0 spiro atoms. The lowest BCUT2D eigenvalue weighted by atomic mass is 10.0. The summed E-state index contributed by atoms with van der Waals surface area (Å²) in [6, 6.07) is 17.6. The van der Waals surface area contributed by atoms with Crippen molar-refractivity contribution >= 4 is 12.1 Å². The molecular formula is C21H25NO5. The van der Waals surface area contributed by atoms with Gasteiger partial charge in [-0.3, -0.25) is 0 Å². The molecular weight excluding hydrogens is 346 g/mol. The molecule has 0 heterocycles. The smallest absolute Gasteiger partial charge is 0.407 e. The summed E-state index contributed by atoms with van der Waals surface area (Å²) in [4.78, 5) is 24.3. The first-order valence-corrected chi connectivity index (χ1v) is 8.85. The maximum absolute atomic E-state index is 12.2. The zero-order valence-corrected chi connectivity index (χ0v) is 15.5. The summed E-state index contributed by atoms with van der Waals surface area (Å²) in [5.41, 5.74) is 1.70. The van der Waals surface area contributed by atoms with Gasteiger partial charge in [0.05, 0.1) is 12.1 Å². The molecule has 2 rings (SSSR count). The van der Waals surface area contributed by atoms with Gasteiger partial charge >= 0.3 is 12.1 Å². The summed E-state index contributed by atoms with van der Waals surface area (Å²) in [7, 11) is 0. The lowest BCUT2D eigenvalue weighted by Crippen LogP contribution is -2.49. The second kappa shape index (κ2) is 10.3. The van der Waals surface area contributed by atoms with Crippen LogP contribution >= 0.6 is 0 Å². The van der Waals surface area contributed by atoms with E-state index in [0.717, 1.165) is 11.1 Å². The molecule has 0 aliphatic heterocycles. The number of hydrogen-bond acceptors (Lipinski definition) is 5. The van der Waals surface area contributed by atoms with Crippen LogP contribution in [0.1, 0.15) is 25.0 Å². The van der Waals surface area contributed by atoms with E-state index in [9.17, 15) is 14.7 Å². The van der Waals surface area contributed by atoms with Gasteiger partial charge in [0.15, 0.2) is 6.10 Å². The van der Waals surface area contributed by atoms with Crippen LogP contribution in [0.15, 0.2) is 60.7 Å². The van der Waals surface area contributed by atoms with E-state index < -0.39 is 24.2 Å². The van der Waals surface area contributed by atoms with Gasteiger partial charge in [-0.05, 0) is 31.4 Å². The fourth-order valence-electron chi connectivity index (χ4n) is 2.49. The monoisotopic (exact) mass is 371 g/mol. The number of nitrogens with one attached hydrogen (secondary N) is 1. The van der Waals surface area contributed by atoms with E-state index in [1.165, 1.54) is 0 Å². The third kappa shape index (κ3) is 7.11. The number of ether oxygens (including phenoxy) is 2. The van der Waals surface area contributed by atoms with Crippen molar-refractivity contribution < 1.29 is 24.2 Å². The minimum Gasteiger partial charge on any atom is -0.461 e. The Labute approximate surface area is 159 Å². The van der Waals surface area contributed by atoms with Gasteiger partial charge in [0, 0.05) is 0 Å². The molecule has 27 heavy (non-hydrogen) atoms. The first-order valence-electron chi connectivity index (χ1n) is 8.85. The molecule has 0 aliphatic carbocycles. The highest BCUT2D eigenvalue weighted by Gasteiger charge is 2.30. The highest BCUT2D eigenvalue weighted by Crippen LogP contribution is 2.10. The van der Waals surface area contributed by atoms with E-state index in [-0.39, 0.29) is 19.1 Å². The van der Waals surface area contributed by atoms with Crippen LogP contribution in [0.4, 0.5) is 4.79 Å². The van der Waals surface area contributed by atoms with E-state index in [1.807, 2.05) is 60.7 Å². The molecule has 0 bridgehead atoms. The van der Waals surface area contributed by atoms with Gasteiger partial charge in [0.25, 0.3) is 0 Å². The van der Waals surface area contributed by atoms with Crippen molar-refractivity contribution in [1.29, 1.82) is 0 Å². The van der Waals surface area contributed by atoms with Gasteiger partial charge < -0.3 is 19.9 Å². The molecule has 2 atom stereocenters. The number of aliphatic hydroxyl groups excluding tert-OH is 1. The summed E-state index contributed by atoms with van der Waals surface area (Å²) in [6.07, 6.45) is -2.32.